The number of likely N-dealkylation sites (N-methyl/N-ethyl adjacent to an activating group) is 1. The Morgan fingerprint density at radius 2 is 1.71 bits per heavy atom. The van der Waals surface area contributed by atoms with Crippen LogP contribution in [0.2, 0.25) is 0 Å². The van der Waals surface area contributed by atoms with E-state index in [0.29, 0.717) is 25.2 Å². The number of rotatable bonds is 10. The van der Waals surface area contributed by atoms with Crippen molar-refractivity contribution in [3.63, 3.8) is 0 Å². The monoisotopic (exact) mass is 428 g/mol. The van der Waals surface area contributed by atoms with Crippen LogP contribution in [-0.2, 0) is 20.9 Å². The Balaban J connectivity index is 2.12. The highest BCUT2D eigenvalue weighted by Gasteiger charge is 2.24. The molecule has 1 heterocycles. The molecule has 7 heteroatoms. The van der Waals surface area contributed by atoms with Crippen molar-refractivity contribution in [2.75, 3.05) is 18.4 Å². The van der Waals surface area contributed by atoms with E-state index in [1.807, 2.05) is 76.6 Å². The van der Waals surface area contributed by atoms with Gasteiger partial charge in [0.1, 0.15) is 12.6 Å². The second-order valence-electron chi connectivity index (χ2n) is 8.66. The first-order valence-electron chi connectivity index (χ1n) is 11.1. The van der Waals surface area contributed by atoms with Crippen LogP contribution in [0.3, 0.4) is 0 Å². The number of amides is 3. The van der Waals surface area contributed by atoms with E-state index in [1.54, 1.807) is 4.90 Å². The fourth-order valence-corrected chi connectivity index (χ4v) is 3.60. The van der Waals surface area contributed by atoms with Gasteiger partial charge in [0.05, 0.1) is 0 Å². The van der Waals surface area contributed by atoms with Gasteiger partial charge in [-0.05, 0) is 49.9 Å². The predicted octanol–water partition coefficient (Wildman–Crippen LogP) is 3.64. The molecule has 0 fully saturated rings. The Morgan fingerprint density at radius 3 is 2.29 bits per heavy atom. The second kappa shape index (κ2) is 11.0. The Labute approximate surface area is 185 Å². The zero-order valence-corrected chi connectivity index (χ0v) is 19.6. The van der Waals surface area contributed by atoms with Gasteiger partial charge in [0.25, 0.3) is 0 Å². The summed E-state index contributed by atoms with van der Waals surface area (Å²) in [6.07, 6.45) is 2.28. The maximum atomic E-state index is 12.8. The van der Waals surface area contributed by atoms with Gasteiger partial charge in [0.15, 0.2) is 0 Å². The maximum Gasteiger partial charge on any atom is 0.247 e. The third kappa shape index (κ3) is 6.57. The van der Waals surface area contributed by atoms with E-state index in [2.05, 4.69) is 10.6 Å². The zero-order valence-electron chi connectivity index (χ0n) is 19.6. The highest BCUT2D eigenvalue weighted by atomic mass is 16.2. The zero-order chi connectivity index (χ0) is 23.1. The molecular formula is C24H36N4O3. The molecule has 0 saturated carbocycles. The third-order valence-electron chi connectivity index (χ3n) is 5.32. The van der Waals surface area contributed by atoms with Gasteiger partial charge < -0.3 is 20.1 Å². The average Bonchev–Trinajstić information content (AvgIpc) is 3.08. The van der Waals surface area contributed by atoms with Crippen LogP contribution >= 0.6 is 0 Å². The lowest BCUT2D eigenvalue weighted by Gasteiger charge is -2.22. The molecule has 31 heavy (non-hydrogen) atoms. The van der Waals surface area contributed by atoms with E-state index in [0.717, 1.165) is 10.9 Å². The molecule has 170 valence electrons. The van der Waals surface area contributed by atoms with E-state index < -0.39 is 6.04 Å². The van der Waals surface area contributed by atoms with Crippen LogP contribution in [0, 0.1) is 11.8 Å². The number of hydrogen-bond donors (Lipinski definition) is 2. The number of anilines is 1. The van der Waals surface area contributed by atoms with Crippen molar-refractivity contribution in [1.82, 2.24) is 14.8 Å². The Kier molecular flexibility index (Phi) is 8.65. The van der Waals surface area contributed by atoms with Gasteiger partial charge in [-0.2, -0.15) is 0 Å². The van der Waals surface area contributed by atoms with E-state index in [9.17, 15) is 14.4 Å². The Morgan fingerprint density at radius 1 is 1.03 bits per heavy atom. The molecule has 1 aromatic carbocycles. The summed E-state index contributed by atoms with van der Waals surface area (Å²) in [5, 5.41) is 6.72. The van der Waals surface area contributed by atoms with Crippen LogP contribution in [0.1, 0.15) is 48.0 Å². The first-order chi connectivity index (χ1) is 14.7. The van der Waals surface area contributed by atoms with E-state index >= 15 is 0 Å². The van der Waals surface area contributed by atoms with Crippen molar-refractivity contribution in [2.45, 2.75) is 60.5 Å². The van der Waals surface area contributed by atoms with Gasteiger partial charge in [0, 0.05) is 42.3 Å². The van der Waals surface area contributed by atoms with Gasteiger partial charge in [0.2, 0.25) is 17.7 Å². The van der Waals surface area contributed by atoms with Gasteiger partial charge in [-0.25, -0.2) is 0 Å². The number of nitrogens with zero attached hydrogens (tertiary/aromatic N) is 2. The first-order valence-corrected chi connectivity index (χ1v) is 11.1. The lowest BCUT2D eigenvalue weighted by molar-refractivity contribution is -0.131. The number of nitrogens with one attached hydrogen (secondary N) is 2. The molecule has 7 nitrogen and oxygen atoms in total. The fraction of sp³-hybridized carbons (Fsp3) is 0.542. The molecule has 0 aliphatic rings. The van der Waals surface area contributed by atoms with Crippen LogP contribution in [0.15, 0.2) is 30.5 Å². The van der Waals surface area contributed by atoms with E-state index in [1.165, 1.54) is 0 Å². The molecule has 0 aliphatic carbocycles. The van der Waals surface area contributed by atoms with Gasteiger partial charge >= 0.3 is 0 Å². The molecule has 0 bridgehead atoms. The molecule has 0 radical (unpaired) electrons. The summed E-state index contributed by atoms with van der Waals surface area (Å²) in [5.41, 5.74) is 1.60. The first kappa shape index (κ1) is 24.4. The van der Waals surface area contributed by atoms with Crippen molar-refractivity contribution >= 4 is 34.3 Å². The van der Waals surface area contributed by atoms with Crippen molar-refractivity contribution in [3.8, 4) is 0 Å². The summed E-state index contributed by atoms with van der Waals surface area (Å²) in [7, 11) is 0. The summed E-state index contributed by atoms with van der Waals surface area (Å²) in [4.78, 5) is 39.2. The minimum atomic E-state index is -0.599. The largest absolute Gasteiger partial charge is 0.344 e. The van der Waals surface area contributed by atoms with Gasteiger partial charge in [-0.1, -0.05) is 27.7 Å². The number of hydrogen-bond acceptors (Lipinski definition) is 3. The molecule has 1 unspecified atom stereocenters. The summed E-state index contributed by atoms with van der Waals surface area (Å²) < 4.78 is 1.92. The average molecular weight is 429 g/mol. The van der Waals surface area contributed by atoms with Crippen LogP contribution < -0.4 is 10.6 Å². The topological polar surface area (TPSA) is 83.4 Å². The Hall–Kier alpha value is -2.83. The highest BCUT2D eigenvalue weighted by molar-refractivity contribution is 5.99. The summed E-state index contributed by atoms with van der Waals surface area (Å²) in [6.45, 7) is 13.4. The maximum absolute atomic E-state index is 12.8. The molecule has 0 saturated heterocycles. The molecule has 0 aliphatic heterocycles. The van der Waals surface area contributed by atoms with Crippen LogP contribution in [-0.4, -0.2) is 46.3 Å². The molecule has 2 rings (SSSR count). The second-order valence-corrected chi connectivity index (χ2v) is 8.66. The molecule has 2 aromatic rings. The summed E-state index contributed by atoms with van der Waals surface area (Å²) in [5.74, 6) is -0.0726. The SMILES string of the molecule is CCN(CC)C(=O)Cn1ccc2cc(NC(=O)C(NC(=O)CC(C)C)C(C)C)ccc21. The molecule has 1 aromatic heterocycles. The lowest BCUT2D eigenvalue weighted by atomic mass is 10.0. The summed E-state index contributed by atoms with van der Waals surface area (Å²) >= 11 is 0. The number of carbonyl (C=O) groups excluding carboxylic acids is 3. The van der Waals surface area contributed by atoms with Crippen molar-refractivity contribution in [1.29, 1.82) is 0 Å². The van der Waals surface area contributed by atoms with E-state index in [-0.39, 0.29) is 36.1 Å². The normalized spacial score (nSPS) is 12.3. The van der Waals surface area contributed by atoms with Crippen LogP contribution in [0.4, 0.5) is 5.69 Å². The van der Waals surface area contributed by atoms with Crippen LogP contribution in [0.5, 0.6) is 0 Å². The van der Waals surface area contributed by atoms with Crippen molar-refractivity contribution in [3.05, 3.63) is 30.5 Å². The molecule has 1 atom stereocenters. The molecular weight excluding hydrogens is 392 g/mol. The minimum Gasteiger partial charge on any atom is -0.344 e. The molecule has 0 spiro atoms. The van der Waals surface area contributed by atoms with E-state index in [4.69, 9.17) is 0 Å². The van der Waals surface area contributed by atoms with Crippen LogP contribution in [0.25, 0.3) is 10.9 Å². The van der Waals surface area contributed by atoms with Crippen molar-refractivity contribution in [2.24, 2.45) is 11.8 Å². The van der Waals surface area contributed by atoms with Gasteiger partial charge in [-0.15, -0.1) is 0 Å². The van der Waals surface area contributed by atoms with Crippen molar-refractivity contribution < 1.29 is 14.4 Å². The van der Waals surface area contributed by atoms with Gasteiger partial charge in [-0.3, -0.25) is 14.4 Å². The number of aromatic nitrogens is 1. The lowest BCUT2D eigenvalue weighted by Crippen LogP contribution is -2.47. The minimum absolute atomic E-state index is 0.0352. The number of benzene rings is 1. The Bertz CT molecular complexity index is 913. The summed E-state index contributed by atoms with van der Waals surface area (Å²) in [6, 6.07) is 6.95. The predicted molar refractivity (Wildman–Crippen MR) is 125 cm³/mol. The standard InChI is InChI=1S/C24H36N4O3/c1-7-27(8-2)22(30)15-28-12-11-18-14-19(9-10-20(18)28)25-24(31)23(17(5)6)26-21(29)13-16(3)4/h9-12,14,16-17,23H,7-8,13,15H2,1-6H3,(H,25,31)(H,26,29). The number of carbonyl (C=O) groups is 3. The smallest absolute Gasteiger partial charge is 0.247 e. The molecule has 2 N–H and O–H groups in total. The highest BCUT2D eigenvalue weighted by Crippen LogP contribution is 2.21. The number of fused-ring (bicyclic) bond motifs is 1. The molecule has 3 amide bonds. The third-order valence-corrected chi connectivity index (χ3v) is 5.32. The fourth-order valence-electron chi connectivity index (χ4n) is 3.60. The quantitative estimate of drug-likeness (QED) is 0.606.